The highest BCUT2D eigenvalue weighted by Crippen LogP contribution is 2.25. The summed E-state index contributed by atoms with van der Waals surface area (Å²) in [5.41, 5.74) is 4.92. The van der Waals surface area contributed by atoms with Gasteiger partial charge in [-0.2, -0.15) is 5.10 Å². The van der Waals surface area contributed by atoms with E-state index in [0.29, 0.717) is 5.69 Å². The molecule has 9 heteroatoms. The van der Waals surface area contributed by atoms with Crippen molar-refractivity contribution < 1.29 is 14.4 Å². The van der Waals surface area contributed by atoms with Crippen LogP contribution in [0.4, 0.5) is 11.4 Å². The first-order valence-electron chi connectivity index (χ1n) is 8.88. The molecule has 2 amide bonds. The van der Waals surface area contributed by atoms with Crippen LogP contribution in [0, 0.1) is 0 Å². The van der Waals surface area contributed by atoms with Crippen LogP contribution in [0.25, 0.3) is 10.9 Å². The van der Waals surface area contributed by atoms with Gasteiger partial charge in [0.05, 0.1) is 30.1 Å². The number of hydrogen-bond acceptors (Lipinski definition) is 6. The molecule has 1 fully saturated rings. The molecule has 0 spiro atoms. The maximum absolute atomic E-state index is 12.4. The van der Waals surface area contributed by atoms with Crippen molar-refractivity contribution in [1.29, 1.82) is 0 Å². The number of hydroxylamine groups is 1. The summed E-state index contributed by atoms with van der Waals surface area (Å²) in [6, 6.07) is 7.52. The Morgan fingerprint density at radius 1 is 1.18 bits per heavy atom. The van der Waals surface area contributed by atoms with Crippen LogP contribution in [-0.2, 0) is 11.9 Å². The summed E-state index contributed by atoms with van der Waals surface area (Å²) >= 11 is 0. The molecule has 0 bridgehead atoms. The van der Waals surface area contributed by atoms with E-state index < -0.39 is 5.91 Å². The molecule has 1 aliphatic carbocycles. The second kappa shape index (κ2) is 7.28. The lowest BCUT2D eigenvalue weighted by molar-refractivity contribution is 0.0538. The van der Waals surface area contributed by atoms with Crippen LogP contribution in [0.15, 0.2) is 36.7 Å². The number of anilines is 2. The average Bonchev–Trinajstić information content (AvgIpc) is 3.43. The molecule has 0 aliphatic heterocycles. The molecule has 3 aromatic rings. The SMILES string of the molecule is CONC(=O)c1cnc(C(=O)NC2CC2)cc1Nc1ccc2cnn(C)c2c1. The normalized spacial score (nSPS) is 13.4. The number of nitrogens with one attached hydrogen (secondary N) is 3. The fraction of sp³-hybridized carbons (Fsp3) is 0.263. The molecule has 9 nitrogen and oxygen atoms in total. The fourth-order valence-corrected chi connectivity index (χ4v) is 2.88. The maximum atomic E-state index is 12.4. The Labute approximate surface area is 161 Å². The standard InChI is InChI=1S/C19H20N6O3/c1-25-17-7-13(4-3-11(17)9-21-25)22-15-8-16(19(27)23-12-5-6-12)20-10-14(15)18(26)24-28-2/h3-4,7-10,12H,5-6H2,1-2H3,(H,20,22)(H,23,27)(H,24,26). The molecular weight excluding hydrogens is 360 g/mol. The fourth-order valence-electron chi connectivity index (χ4n) is 2.88. The van der Waals surface area contributed by atoms with Crippen LogP contribution in [0.1, 0.15) is 33.7 Å². The van der Waals surface area contributed by atoms with Gasteiger partial charge in [-0.25, -0.2) is 5.48 Å². The molecule has 1 aliphatic rings. The first kappa shape index (κ1) is 17.9. The predicted molar refractivity (Wildman–Crippen MR) is 103 cm³/mol. The quantitative estimate of drug-likeness (QED) is 0.564. The summed E-state index contributed by atoms with van der Waals surface area (Å²) in [5, 5.41) is 11.3. The molecule has 144 valence electrons. The first-order chi connectivity index (χ1) is 13.5. The van der Waals surface area contributed by atoms with Crippen molar-refractivity contribution >= 4 is 34.1 Å². The van der Waals surface area contributed by atoms with Crippen LogP contribution in [0.3, 0.4) is 0 Å². The minimum Gasteiger partial charge on any atom is -0.355 e. The van der Waals surface area contributed by atoms with Gasteiger partial charge in [-0.3, -0.25) is 24.1 Å². The Morgan fingerprint density at radius 2 is 2.00 bits per heavy atom. The van der Waals surface area contributed by atoms with E-state index >= 15 is 0 Å². The second-order valence-corrected chi connectivity index (χ2v) is 6.66. The zero-order valence-corrected chi connectivity index (χ0v) is 15.5. The van der Waals surface area contributed by atoms with Crippen LogP contribution < -0.4 is 16.1 Å². The average molecular weight is 380 g/mol. The van der Waals surface area contributed by atoms with Crippen molar-refractivity contribution in [3.05, 3.63) is 47.9 Å². The van der Waals surface area contributed by atoms with E-state index in [1.165, 1.54) is 13.3 Å². The van der Waals surface area contributed by atoms with Crippen molar-refractivity contribution in [3.8, 4) is 0 Å². The number of hydrogen-bond donors (Lipinski definition) is 3. The molecule has 2 aromatic heterocycles. The Kier molecular flexibility index (Phi) is 4.66. The van der Waals surface area contributed by atoms with E-state index in [-0.39, 0.29) is 23.2 Å². The Morgan fingerprint density at radius 3 is 2.75 bits per heavy atom. The van der Waals surface area contributed by atoms with E-state index in [2.05, 4.69) is 26.2 Å². The number of aryl methyl sites for hydroxylation is 1. The van der Waals surface area contributed by atoms with E-state index in [1.54, 1.807) is 16.9 Å². The number of carbonyl (C=O) groups is 2. The van der Waals surface area contributed by atoms with Crippen molar-refractivity contribution in [2.24, 2.45) is 7.05 Å². The summed E-state index contributed by atoms with van der Waals surface area (Å²) in [6.45, 7) is 0. The van der Waals surface area contributed by atoms with Crippen molar-refractivity contribution in [2.75, 3.05) is 12.4 Å². The van der Waals surface area contributed by atoms with E-state index in [9.17, 15) is 9.59 Å². The predicted octanol–water partition coefficient (Wildman–Crippen LogP) is 1.90. The van der Waals surface area contributed by atoms with Crippen LogP contribution in [-0.4, -0.2) is 39.7 Å². The van der Waals surface area contributed by atoms with E-state index in [1.807, 2.05) is 25.2 Å². The number of aromatic nitrogens is 3. The van der Waals surface area contributed by atoms with Gasteiger partial charge >= 0.3 is 0 Å². The van der Waals surface area contributed by atoms with Gasteiger partial charge in [-0.15, -0.1) is 0 Å². The van der Waals surface area contributed by atoms with Gasteiger partial charge in [-0.1, -0.05) is 0 Å². The molecular formula is C19H20N6O3. The van der Waals surface area contributed by atoms with Gasteiger partial charge in [0.2, 0.25) is 0 Å². The Bertz CT molecular complexity index is 1060. The highest BCUT2D eigenvalue weighted by atomic mass is 16.6. The molecule has 28 heavy (non-hydrogen) atoms. The highest BCUT2D eigenvalue weighted by Gasteiger charge is 2.25. The second-order valence-electron chi connectivity index (χ2n) is 6.66. The van der Waals surface area contributed by atoms with E-state index in [0.717, 1.165) is 29.4 Å². The third kappa shape index (κ3) is 3.65. The lowest BCUT2D eigenvalue weighted by Crippen LogP contribution is -2.27. The van der Waals surface area contributed by atoms with Crippen molar-refractivity contribution in [2.45, 2.75) is 18.9 Å². The maximum Gasteiger partial charge on any atom is 0.278 e. The number of carbonyl (C=O) groups excluding carboxylic acids is 2. The Balaban J connectivity index is 1.68. The molecule has 3 N–H and O–H groups in total. The van der Waals surface area contributed by atoms with Crippen molar-refractivity contribution in [1.82, 2.24) is 25.6 Å². The van der Waals surface area contributed by atoms with Gasteiger partial charge in [0, 0.05) is 30.4 Å². The molecule has 0 unspecified atom stereocenters. The lowest BCUT2D eigenvalue weighted by Gasteiger charge is -2.13. The number of amides is 2. The smallest absolute Gasteiger partial charge is 0.278 e. The zero-order valence-electron chi connectivity index (χ0n) is 15.5. The van der Waals surface area contributed by atoms with Crippen LogP contribution >= 0.6 is 0 Å². The molecule has 4 rings (SSSR count). The summed E-state index contributed by atoms with van der Waals surface area (Å²) in [6.07, 6.45) is 5.11. The molecule has 1 saturated carbocycles. The van der Waals surface area contributed by atoms with Gasteiger partial charge < -0.3 is 10.6 Å². The molecule has 0 saturated heterocycles. The minimum atomic E-state index is -0.465. The molecule has 2 heterocycles. The molecule has 0 atom stereocenters. The number of nitrogens with zero attached hydrogens (tertiary/aromatic N) is 3. The van der Waals surface area contributed by atoms with Gasteiger partial charge in [-0.05, 0) is 37.1 Å². The van der Waals surface area contributed by atoms with Gasteiger partial charge in [0.15, 0.2) is 0 Å². The summed E-state index contributed by atoms with van der Waals surface area (Å²) < 4.78 is 1.76. The summed E-state index contributed by atoms with van der Waals surface area (Å²) in [5.74, 6) is -0.723. The summed E-state index contributed by atoms with van der Waals surface area (Å²) in [7, 11) is 3.21. The molecule has 1 aromatic carbocycles. The number of fused-ring (bicyclic) bond motifs is 1. The third-order valence-corrected chi connectivity index (χ3v) is 4.52. The largest absolute Gasteiger partial charge is 0.355 e. The number of rotatable bonds is 6. The van der Waals surface area contributed by atoms with Crippen LogP contribution in [0.5, 0.6) is 0 Å². The summed E-state index contributed by atoms with van der Waals surface area (Å²) in [4.78, 5) is 33.5. The van der Waals surface area contributed by atoms with Crippen LogP contribution in [0.2, 0.25) is 0 Å². The molecule has 0 radical (unpaired) electrons. The third-order valence-electron chi connectivity index (χ3n) is 4.52. The van der Waals surface area contributed by atoms with Crippen molar-refractivity contribution in [3.63, 3.8) is 0 Å². The first-order valence-corrected chi connectivity index (χ1v) is 8.88. The highest BCUT2D eigenvalue weighted by molar-refractivity contribution is 6.02. The van der Waals surface area contributed by atoms with Gasteiger partial charge in [0.1, 0.15) is 5.69 Å². The van der Waals surface area contributed by atoms with Gasteiger partial charge in [0.25, 0.3) is 11.8 Å². The van der Waals surface area contributed by atoms with E-state index in [4.69, 9.17) is 4.84 Å². The topological polar surface area (TPSA) is 110 Å². The minimum absolute atomic E-state index is 0.217. The Hall–Kier alpha value is -3.46. The number of pyridine rings is 1. The lowest BCUT2D eigenvalue weighted by atomic mass is 10.1. The zero-order chi connectivity index (χ0) is 19.7. The number of benzene rings is 1. The monoisotopic (exact) mass is 380 g/mol.